The monoisotopic (exact) mass is 502 g/mol. The number of hydrogen-bond acceptors (Lipinski definition) is 8. The van der Waals surface area contributed by atoms with Crippen LogP contribution < -0.4 is 16.0 Å². The van der Waals surface area contributed by atoms with Gasteiger partial charge in [0.15, 0.2) is 0 Å². The lowest BCUT2D eigenvalue weighted by molar-refractivity contribution is -0.137. The molecule has 3 heterocycles. The van der Waals surface area contributed by atoms with Crippen LogP contribution in [0.2, 0.25) is 0 Å². The molecule has 1 saturated heterocycles. The van der Waals surface area contributed by atoms with E-state index < -0.39 is 29.8 Å². The quantitative estimate of drug-likeness (QED) is 0.441. The number of alkyl halides is 3. The fraction of sp³-hybridized carbons (Fsp3) is 0.261. The number of benzene rings is 1. The third-order valence-corrected chi connectivity index (χ3v) is 5.06. The van der Waals surface area contributed by atoms with Crippen LogP contribution in [-0.2, 0) is 22.2 Å². The van der Waals surface area contributed by atoms with Crippen molar-refractivity contribution in [1.29, 1.82) is 0 Å². The molecule has 1 fully saturated rings. The third-order valence-electron chi connectivity index (χ3n) is 5.06. The summed E-state index contributed by atoms with van der Waals surface area (Å²) < 4.78 is 50.7. The molecule has 188 valence electrons. The average molecular weight is 502 g/mol. The Morgan fingerprint density at radius 3 is 2.58 bits per heavy atom. The molecule has 0 saturated carbocycles. The van der Waals surface area contributed by atoms with Crippen molar-refractivity contribution < 1.29 is 32.2 Å². The van der Waals surface area contributed by atoms with Crippen molar-refractivity contribution in [2.24, 2.45) is 0 Å². The van der Waals surface area contributed by atoms with Gasteiger partial charge < -0.3 is 20.1 Å². The van der Waals surface area contributed by atoms with Gasteiger partial charge in [0.25, 0.3) is 5.91 Å². The summed E-state index contributed by atoms with van der Waals surface area (Å²) >= 11 is 0. The van der Waals surface area contributed by atoms with Gasteiger partial charge in [-0.2, -0.15) is 13.2 Å². The smallest absolute Gasteiger partial charge is 0.416 e. The van der Waals surface area contributed by atoms with Crippen LogP contribution in [0, 0.1) is 0 Å². The van der Waals surface area contributed by atoms with E-state index in [1.54, 1.807) is 12.3 Å². The molecule has 36 heavy (non-hydrogen) atoms. The van der Waals surface area contributed by atoms with E-state index in [0.29, 0.717) is 18.7 Å². The molecule has 0 aliphatic carbocycles. The summed E-state index contributed by atoms with van der Waals surface area (Å²) in [6.45, 7) is 0.892. The maximum absolute atomic E-state index is 13.5. The zero-order valence-electron chi connectivity index (χ0n) is 18.7. The number of hydrogen-bond donors (Lipinski definition) is 3. The number of halogens is 3. The van der Waals surface area contributed by atoms with Crippen molar-refractivity contribution >= 4 is 29.2 Å². The minimum absolute atomic E-state index is 0.0964. The molecule has 2 amide bonds. The molecule has 13 heteroatoms. The second-order valence-corrected chi connectivity index (χ2v) is 7.72. The van der Waals surface area contributed by atoms with Gasteiger partial charge >= 0.3 is 12.3 Å². The van der Waals surface area contributed by atoms with E-state index in [9.17, 15) is 22.8 Å². The summed E-state index contributed by atoms with van der Waals surface area (Å²) in [6, 6.07) is 7.39. The van der Waals surface area contributed by atoms with Gasteiger partial charge in [-0.25, -0.2) is 19.7 Å². The molecule has 0 spiro atoms. The number of nitrogens with one attached hydrogen (secondary N) is 3. The molecular formula is C23H21F3N6O4. The molecule has 3 N–H and O–H groups in total. The highest BCUT2D eigenvalue weighted by Gasteiger charge is 2.32. The number of carbonyl (C=O) groups excluding carboxylic acids is 2. The Morgan fingerprint density at radius 1 is 1.08 bits per heavy atom. The SMILES string of the molecule is O=C(Nc1cc(NC(=O)c2cccnc2NCc2ccncn2)cc(C(F)(F)F)c1)OC1CCOC1. The van der Waals surface area contributed by atoms with E-state index in [1.165, 1.54) is 30.7 Å². The molecule has 1 aromatic carbocycles. The van der Waals surface area contributed by atoms with Crippen LogP contribution in [0.3, 0.4) is 0 Å². The Hall–Kier alpha value is -4.26. The Kier molecular flexibility index (Phi) is 7.59. The van der Waals surface area contributed by atoms with Crippen LogP contribution in [0.25, 0.3) is 0 Å². The summed E-state index contributed by atoms with van der Waals surface area (Å²) in [6.07, 6.45) is -1.23. The van der Waals surface area contributed by atoms with E-state index >= 15 is 0 Å². The van der Waals surface area contributed by atoms with Crippen molar-refractivity contribution in [3.05, 3.63) is 71.9 Å². The number of nitrogens with zero attached hydrogens (tertiary/aromatic N) is 3. The number of ether oxygens (including phenoxy) is 2. The van der Waals surface area contributed by atoms with Crippen molar-refractivity contribution in [2.75, 3.05) is 29.2 Å². The number of aromatic nitrogens is 3. The van der Waals surface area contributed by atoms with Crippen LogP contribution in [0.5, 0.6) is 0 Å². The molecule has 0 radical (unpaired) electrons. The first-order valence-electron chi connectivity index (χ1n) is 10.8. The summed E-state index contributed by atoms with van der Waals surface area (Å²) in [5.41, 5.74) is -0.698. The molecule has 1 aliphatic rings. The highest BCUT2D eigenvalue weighted by atomic mass is 19.4. The first-order valence-corrected chi connectivity index (χ1v) is 10.8. The fourth-order valence-corrected chi connectivity index (χ4v) is 3.36. The van der Waals surface area contributed by atoms with Gasteiger partial charge in [0.1, 0.15) is 18.2 Å². The van der Waals surface area contributed by atoms with Crippen molar-refractivity contribution in [3.8, 4) is 0 Å². The first-order chi connectivity index (χ1) is 17.3. The van der Waals surface area contributed by atoms with Gasteiger partial charge in [0.2, 0.25) is 0 Å². The Balaban J connectivity index is 1.51. The number of carbonyl (C=O) groups is 2. The largest absolute Gasteiger partial charge is 0.443 e. The summed E-state index contributed by atoms with van der Waals surface area (Å²) in [5, 5.41) is 7.70. The van der Waals surface area contributed by atoms with Crippen molar-refractivity contribution in [2.45, 2.75) is 25.2 Å². The Morgan fingerprint density at radius 2 is 1.89 bits per heavy atom. The lowest BCUT2D eigenvalue weighted by Crippen LogP contribution is -2.23. The summed E-state index contributed by atoms with van der Waals surface area (Å²) in [5.74, 6) is -0.495. The van der Waals surface area contributed by atoms with Crippen LogP contribution in [0.4, 0.5) is 35.2 Å². The molecular weight excluding hydrogens is 481 g/mol. The minimum atomic E-state index is -4.72. The van der Waals surface area contributed by atoms with Gasteiger partial charge in [0, 0.05) is 30.2 Å². The zero-order valence-corrected chi connectivity index (χ0v) is 18.7. The highest BCUT2D eigenvalue weighted by molar-refractivity contribution is 6.07. The zero-order chi connectivity index (χ0) is 25.5. The second-order valence-electron chi connectivity index (χ2n) is 7.72. The van der Waals surface area contributed by atoms with Gasteiger partial charge in [-0.3, -0.25) is 10.1 Å². The predicted molar refractivity (Wildman–Crippen MR) is 122 cm³/mol. The van der Waals surface area contributed by atoms with Gasteiger partial charge in [-0.05, 0) is 36.4 Å². The number of anilines is 3. The average Bonchev–Trinajstić information content (AvgIpc) is 3.35. The normalized spacial score (nSPS) is 15.2. The molecule has 3 aromatic rings. The molecule has 1 aliphatic heterocycles. The number of pyridine rings is 1. The van der Waals surface area contributed by atoms with Crippen LogP contribution in [0.15, 0.2) is 55.1 Å². The lowest BCUT2D eigenvalue weighted by Gasteiger charge is -2.16. The lowest BCUT2D eigenvalue weighted by atomic mass is 10.1. The molecule has 2 aromatic heterocycles. The maximum atomic E-state index is 13.5. The third kappa shape index (κ3) is 6.66. The molecule has 10 nitrogen and oxygen atoms in total. The molecule has 0 bridgehead atoms. The highest BCUT2D eigenvalue weighted by Crippen LogP contribution is 2.34. The minimum Gasteiger partial charge on any atom is -0.443 e. The summed E-state index contributed by atoms with van der Waals surface area (Å²) in [7, 11) is 0. The van der Waals surface area contributed by atoms with E-state index in [-0.39, 0.29) is 35.9 Å². The fourth-order valence-electron chi connectivity index (χ4n) is 3.36. The number of amides is 2. The van der Waals surface area contributed by atoms with E-state index in [4.69, 9.17) is 9.47 Å². The first kappa shape index (κ1) is 24.9. The molecule has 4 rings (SSSR count). The Labute approximate surface area is 203 Å². The Bertz CT molecular complexity index is 1220. The standard InChI is InChI=1S/C23H21F3N6O4/c24-23(25,26)14-8-16(10-17(9-14)32-22(34)36-18-4-7-35-12-18)31-21(33)19-2-1-5-28-20(19)29-11-15-3-6-27-13-30-15/h1-3,5-6,8-10,13,18H,4,7,11-12H2,(H,28,29)(H,31,33)(H,32,34). The van der Waals surface area contributed by atoms with Crippen LogP contribution in [-0.4, -0.2) is 46.3 Å². The van der Waals surface area contributed by atoms with Gasteiger partial charge in [-0.15, -0.1) is 0 Å². The van der Waals surface area contributed by atoms with Crippen molar-refractivity contribution in [3.63, 3.8) is 0 Å². The summed E-state index contributed by atoms with van der Waals surface area (Å²) in [4.78, 5) is 37.1. The van der Waals surface area contributed by atoms with E-state index in [1.807, 2.05) is 0 Å². The van der Waals surface area contributed by atoms with E-state index in [2.05, 4.69) is 30.9 Å². The second kappa shape index (κ2) is 11.0. The molecule has 1 atom stereocenters. The van der Waals surface area contributed by atoms with Crippen molar-refractivity contribution in [1.82, 2.24) is 15.0 Å². The van der Waals surface area contributed by atoms with Gasteiger partial charge in [-0.1, -0.05) is 0 Å². The van der Waals surface area contributed by atoms with Crippen LogP contribution >= 0.6 is 0 Å². The predicted octanol–water partition coefficient (Wildman–Crippen LogP) is 4.09. The van der Waals surface area contributed by atoms with Crippen LogP contribution in [0.1, 0.15) is 28.0 Å². The van der Waals surface area contributed by atoms with E-state index in [0.717, 1.165) is 12.1 Å². The number of rotatable bonds is 7. The maximum Gasteiger partial charge on any atom is 0.416 e. The topological polar surface area (TPSA) is 127 Å². The molecule has 1 unspecified atom stereocenters. The van der Waals surface area contributed by atoms with Gasteiger partial charge in [0.05, 0.1) is 36.6 Å².